The van der Waals surface area contributed by atoms with Gasteiger partial charge in [-0.3, -0.25) is 14.7 Å². The molecule has 3 aromatic carbocycles. The summed E-state index contributed by atoms with van der Waals surface area (Å²) in [5.74, 6) is -0.634. The normalized spacial score (nSPS) is 12.3. The number of hydroxylamine groups is 2. The van der Waals surface area contributed by atoms with E-state index >= 15 is 0 Å². The highest BCUT2D eigenvalue weighted by atomic mass is 35.5. The van der Waals surface area contributed by atoms with Crippen LogP contribution in [-0.2, 0) is 9.63 Å². The van der Waals surface area contributed by atoms with E-state index in [2.05, 4.69) is 23.2 Å². The quantitative estimate of drug-likeness (QED) is 0.177. The topological polar surface area (TPSA) is 58.2 Å². The van der Waals surface area contributed by atoms with Crippen LogP contribution >= 0.6 is 11.6 Å². The molecule has 178 valence electrons. The fraction of sp³-hybridized carbons (Fsp3) is 0.143. The van der Waals surface area contributed by atoms with Crippen molar-refractivity contribution in [2.24, 2.45) is 0 Å². The molecule has 4 rings (SSSR count). The number of allylic oxidation sites excluding steroid dienone is 1. The maximum Gasteiger partial charge on any atom is 0.269 e. The zero-order valence-electron chi connectivity index (χ0n) is 19.7. The maximum absolute atomic E-state index is 13.8. The standard InChI is InChI=1S/C28H25ClFN3O2/c1-4-23(24-12-11-22(30)16-25(24)29)28(20-10-13-26-21(15-20)17-31-32-26)19-8-5-18(6-9-19)7-14-27(34)33(2)35-3/h5-17H,4H2,1-3H3,(H,31,32). The Hall–Kier alpha value is -3.74. The van der Waals surface area contributed by atoms with Gasteiger partial charge in [-0.25, -0.2) is 9.45 Å². The molecule has 0 saturated heterocycles. The minimum absolute atomic E-state index is 0.259. The average Bonchev–Trinajstić information content (AvgIpc) is 3.34. The first-order valence-electron chi connectivity index (χ1n) is 11.1. The summed E-state index contributed by atoms with van der Waals surface area (Å²) < 4.78 is 13.8. The number of halogens is 2. The van der Waals surface area contributed by atoms with Crippen LogP contribution in [0.5, 0.6) is 0 Å². The van der Waals surface area contributed by atoms with E-state index in [1.165, 1.54) is 25.3 Å². The smallest absolute Gasteiger partial charge is 0.269 e. The molecule has 0 aliphatic heterocycles. The van der Waals surface area contributed by atoms with Crippen molar-refractivity contribution < 1.29 is 14.0 Å². The molecule has 0 radical (unpaired) electrons. The van der Waals surface area contributed by atoms with Crippen molar-refractivity contribution in [3.05, 3.63) is 106 Å². The van der Waals surface area contributed by atoms with Crippen LogP contribution in [0, 0.1) is 5.82 Å². The van der Waals surface area contributed by atoms with Crippen molar-refractivity contribution in [1.29, 1.82) is 0 Å². The Morgan fingerprint density at radius 3 is 2.54 bits per heavy atom. The number of hydrogen-bond acceptors (Lipinski definition) is 3. The lowest BCUT2D eigenvalue weighted by Gasteiger charge is -2.18. The summed E-state index contributed by atoms with van der Waals surface area (Å²) >= 11 is 6.49. The molecule has 0 bridgehead atoms. The predicted molar refractivity (Wildman–Crippen MR) is 139 cm³/mol. The number of aromatic nitrogens is 2. The number of H-pyrrole nitrogens is 1. The van der Waals surface area contributed by atoms with Crippen LogP contribution in [0.25, 0.3) is 28.1 Å². The van der Waals surface area contributed by atoms with Crippen LogP contribution in [0.3, 0.4) is 0 Å². The van der Waals surface area contributed by atoms with Gasteiger partial charge in [-0.05, 0) is 70.2 Å². The van der Waals surface area contributed by atoms with E-state index in [1.807, 2.05) is 36.4 Å². The Bertz CT molecular complexity index is 1420. The van der Waals surface area contributed by atoms with Crippen molar-refractivity contribution in [1.82, 2.24) is 15.3 Å². The van der Waals surface area contributed by atoms with Gasteiger partial charge in [-0.15, -0.1) is 0 Å². The average molecular weight is 490 g/mol. The Labute approximate surface area is 208 Å². The van der Waals surface area contributed by atoms with Gasteiger partial charge in [0.1, 0.15) is 5.82 Å². The molecule has 0 unspecified atom stereocenters. The molecule has 35 heavy (non-hydrogen) atoms. The van der Waals surface area contributed by atoms with Gasteiger partial charge in [0.2, 0.25) is 0 Å². The number of carbonyl (C=O) groups is 1. The Morgan fingerprint density at radius 1 is 1.11 bits per heavy atom. The second kappa shape index (κ2) is 10.7. The summed E-state index contributed by atoms with van der Waals surface area (Å²) in [4.78, 5) is 16.9. The number of fused-ring (bicyclic) bond motifs is 1. The van der Waals surface area contributed by atoms with Gasteiger partial charge in [0.25, 0.3) is 5.91 Å². The zero-order valence-corrected chi connectivity index (χ0v) is 20.4. The molecular weight excluding hydrogens is 465 g/mol. The summed E-state index contributed by atoms with van der Waals surface area (Å²) in [6, 6.07) is 18.5. The molecule has 1 amide bonds. The van der Waals surface area contributed by atoms with E-state index < -0.39 is 0 Å². The van der Waals surface area contributed by atoms with Gasteiger partial charge in [-0.2, -0.15) is 5.10 Å². The van der Waals surface area contributed by atoms with E-state index in [-0.39, 0.29) is 11.7 Å². The molecule has 0 atom stereocenters. The predicted octanol–water partition coefficient (Wildman–Crippen LogP) is 6.76. The minimum atomic E-state index is -0.375. The Kier molecular flexibility index (Phi) is 7.44. The number of likely N-dealkylation sites (N-methyl/N-ethyl adjacent to an activating group) is 1. The lowest BCUT2D eigenvalue weighted by atomic mass is 9.87. The van der Waals surface area contributed by atoms with Gasteiger partial charge >= 0.3 is 0 Å². The fourth-order valence-electron chi connectivity index (χ4n) is 3.97. The van der Waals surface area contributed by atoms with Crippen LogP contribution in [0.2, 0.25) is 5.02 Å². The summed E-state index contributed by atoms with van der Waals surface area (Å²) in [6.07, 6.45) is 5.66. The Balaban J connectivity index is 1.84. The molecule has 1 N–H and O–H groups in total. The number of benzene rings is 3. The van der Waals surface area contributed by atoms with Crippen molar-refractivity contribution in [3.8, 4) is 0 Å². The molecule has 4 aromatic rings. The first-order valence-corrected chi connectivity index (χ1v) is 11.5. The highest BCUT2D eigenvalue weighted by molar-refractivity contribution is 6.32. The van der Waals surface area contributed by atoms with E-state index in [9.17, 15) is 9.18 Å². The van der Waals surface area contributed by atoms with E-state index in [4.69, 9.17) is 16.4 Å². The van der Waals surface area contributed by atoms with Gasteiger partial charge in [0.05, 0.1) is 23.8 Å². The third-order valence-corrected chi connectivity index (χ3v) is 6.16. The van der Waals surface area contributed by atoms with Crippen LogP contribution in [-0.4, -0.2) is 35.3 Å². The van der Waals surface area contributed by atoms with Crippen molar-refractivity contribution in [2.45, 2.75) is 13.3 Å². The van der Waals surface area contributed by atoms with Crippen molar-refractivity contribution in [3.63, 3.8) is 0 Å². The Morgan fingerprint density at radius 2 is 1.86 bits per heavy atom. The molecule has 0 aliphatic carbocycles. The molecule has 1 heterocycles. The maximum atomic E-state index is 13.8. The van der Waals surface area contributed by atoms with Crippen molar-refractivity contribution >= 4 is 45.6 Å². The second-order valence-corrected chi connectivity index (χ2v) is 8.38. The number of hydrogen-bond donors (Lipinski definition) is 1. The number of nitrogens with one attached hydrogen (secondary N) is 1. The van der Waals surface area contributed by atoms with Crippen molar-refractivity contribution in [2.75, 3.05) is 14.2 Å². The lowest BCUT2D eigenvalue weighted by Crippen LogP contribution is -2.22. The minimum Gasteiger partial charge on any atom is -0.278 e. The first kappa shape index (κ1) is 24.4. The first-order chi connectivity index (χ1) is 16.9. The summed E-state index contributed by atoms with van der Waals surface area (Å²) in [5.41, 5.74) is 6.56. The van der Waals surface area contributed by atoms with Gasteiger partial charge in [0, 0.05) is 18.5 Å². The zero-order chi connectivity index (χ0) is 24.9. The molecule has 0 spiro atoms. The highest BCUT2D eigenvalue weighted by Crippen LogP contribution is 2.38. The van der Waals surface area contributed by atoms with Gasteiger partial charge < -0.3 is 0 Å². The SMILES string of the molecule is CCC(=C(c1ccc(C=CC(=O)N(C)OC)cc1)c1ccc2[nH]ncc2c1)c1ccc(F)cc1Cl. The van der Waals surface area contributed by atoms with Crippen LogP contribution < -0.4 is 0 Å². The second-order valence-electron chi connectivity index (χ2n) is 7.98. The fourth-order valence-corrected chi connectivity index (χ4v) is 4.25. The van der Waals surface area contributed by atoms with Crippen LogP contribution in [0.4, 0.5) is 4.39 Å². The van der Waals surface area contributed by atoms with Gasteiger partial charge in [0.15, 0.2) is 0 Å². The number of nitrogens with zero attached hydrogens (tertiary/aromatic N) is 2. The molecule has 7 heteroatoms. The number of rotatable bonds is 7. The van der Waals surface area contributed by atoms with E-state index in [1.54, 1.807) is 25.4 Å². The summed E-state index contributed by atoms with van der Waals surface area (Å²) in [7, 11) is 2.99. The largest absolute Gasteiger partial charge is 0.278 e. The lowest BCUT2D eigenvalue weighted by molar-refractivity contribution is -0.162. The number of carbonyl (C=O) groups excluding carboxylic acids is 1. The molecule has 0 saturated carbocycles. The van der Waals surface area contributed by atoms with E-state index in [0.717, 1.165) is 49.4 Å². The van der Waals surface area contributed by atoms with E-state index in [0.29, 0.717) is 11.4 Å². The third-order valence-electron chi connectivity index (χ3n) is 5.84. The molecule has 1 aromatic heterocycles. The third kappa shape index (κ3) is 5.34. The monoisotopic (exact) mass is 489 g/mol. The van der Waals surface area contributed by atoms with Crippen LogP contribution in [0.1, 0.15) is 35.6 Å². The highest BCUT2D eigenvalue weighted by Gasteiger charge is 2.16. The number of aromatic amines is 1. The molecule has 5 nitrogen and oxygen atoms in total. The van der Waals surface area contributed by atoms with Gasteiger partial charge in [-0.1, -0.05) is 54.9 Å². The molecule has 0 fully saturated rings. The summed E-state index contributed by atoms with van der Waals surface area (Å²) in [6.45, 7) is 2.06. The number of amides is 1. The summed E-state index contributed by atoms with van der Waals surface area (Å²) in [5, 5.41) is 9.62. The van der Waals surface area contributed by atoms with Crippen LogP contribution in [0.15, 0.2) is 72.9 Å². The molecular formula is C28H25ClFN3O2. The molecule has 0 aliphatic rings.